The molecular weight excluding hydrogens is 214 g/mol. The zero-order chi connectivity index (χ0) is 9.23. The molecule has 0 unspecified atom stereocenters. The molecule has 0 atom stereocenters. The molecule has 0 aromatic rings. The van der Waals surface area contributed by atoms with Crippen LogP contribution in [0.25, 0.3) is 0 Å². The number of hydrogen-bond acceptors (Lipinski definition) is 1. The standard InChI is InChI=1S/C10H20O2.K.Na.2H/c1-2-3-4-5-6-7-8-9-10(11)12;;;;/h2-9H2,1H3,(H,11,12);;;;/q;2*+1;2*-1. The van der Waals surface area contributed by atoms with Crippen molar-refractivity contribution in [1.29, 1.82) is 0 Å². The van der Waals surface area contributed by atoms with Gasteiger partial charge in [0.25, 0.3) is 0 Å². The number of carbonyl (C=O) groups is 1. The SMILES string of the molecule is CCCCCCCCCC(=O)O.[H-].[H-].[K+].[Na+]. The van der Waals surface area contributed by atoms with Gasteiger partial charge in [0, 0.05) is 6.42 Å². The first-order valence-corrected chi connectivity index (χ1v) is 4.99. The van der Waals surface area contributed by atoms with E-state index in [0.29, 0.717) is 6.42 Å². The van der Waals surface area contributed by atoms with E-state index in [1.165, 1.54) is 32.1 Å². The fraction of sp³-hybridized carbons (Fsp3) is 0.900. The molecule has 0 heterocycles. The first-order valence-electron chi connectivity index (χ1n) is 4.99. The van der Waals surface area contributed by atoms with Crippen LogP contribution in [0.1, 0.15) is 61.1 Å². The molecule has 0 aliphatic rings. The third-order valence-corrected chi connectivity index (χ3v) is 1.99. The van der Waals surface area contributed by atoms with Gasteiger partial charge >= 0.3 is 86.9 Å². The second kappa shape index (κ2) is 17.5. The smallest absolute Gasteiger partial charge is 1.00 e. The molecule has 4 heteroatoms. The summed E-state index contributed by atoms with van der Waals surface area (Å²) in [4.78, 5) is 10.1. The van der Waals surface area contributed by atoms with E-state index < -0.39 is 5.97 Å². The summed E-state index contributed by atoms with van der Waals surface area (Å²) in [5.74, 6) is -0.663. The van der Waals surface area contributed by atoms with Crippen LogP contribution in [0.15, 0.2) is 0 Å². The molecule has 0 amide bonds. The van der Waals surface area contributed by atoms with Crippen LogP contribution in [0.5, 0.6) is 0 Å². The third kappa shape index (κ3) is 19.6. The Hall–Kier alpha value is 2.11. The summed E-state index contributed by atoms with van der Waals surface area (Å²) in [6.45, 7) is 2.20. The molecule has 0 saturated heterocycles. The minimum atomic E-state index is -0.663. The Morgan fingerprint density at radius 3 is 1.93 bits per heavy atom. The van der Waals surface area contributed by atoms with Crippen LogP contribution in [0.4, 0.5) is 0 Å². The van der Waals surface area contributed by atoms with Crippen LogP contribution in [-0.4, -0.2) is 11.1 Å². The quantitative estimate of drug-likeness (QED) is 0.372. The van der Waals surface area contributed by atoms with Gasteiger partial charge in [-0.1, -0.05) is 45.4 Å². The van der Waals surface area contributed by atoms with Crippen molar-refractivity contribution < 1.29 is 93.7 Å². The zero-order valence-electron chi connectivity index (χ0n) is 12.0. The van der Waals surface area contributed by atoms with Gasteiger partial charge in [0.1, 0.15) is 0 Å². The normalized spacial score (nSPS) is 8.64. The minimum absolute atomic E-state index is 0. The molecule has 1 N–H and O–H groups in total. The van der Waals surface area contributed by atoms with E-state index in [4.69, 9.17) is 5.11 Å². The summed E-state index contributed by atoms with van der Waals surface area (Å²) in [6, 6.07) is 0. The van der Waals surface area contributed by atoms with Gasteiger partial charge in [-0.15, -0.1) is 0 Å². The van der Waals surface area contributed by atoms with E-state index in [1.54, 1.807) is 0 Å². The van der Waals surface area contributed by atoms with Gasteiger partial charge in [-0.2, -0.15) is 0 Å². The second-order valence-corrected chi connectivity index (χ2v) is 3.27. The molecule has 0 spiro atoms. The number of carboxylic acids is 1. The first-order chi connectivity index (χ1) is 5.77. The van der Waals surface area contributed by atoms with Crippen LogP contribution in [-0.2, 0) is 4.79 Å². The topological polar surface area (TPSA) is 37.3 Å². The fourth-order valence-electron chi connectivity index (χ4n) is 1.23. The maximum absolute atomic E-state index is 10.1. The van der Waals surface area contributed by atoms with E-state index in [-0.39, 0.29) is 83.8 Å². The maximum atomic E-state index is 10.1. The summed E-state index contributed by atoms with van der Waals surface area (Å²) in [5.41, 5.74) is 0. The van der Waals surface area contributed by atoms with Crippen molar-refractivity contribution in [2.45, 2.75) is 58.3 Å². The summed E-state index contributed by atoms with van der Waals surface area (Å²) >= 11 is 0. The molecule has 0 aromatic heterocycles. The number of rotatable bonds is 8. The Labute approximate surface area is 155 Å². The molecule has 0 fully saturated rings. The third-order valence-electron chi connectivity index (χ3n) is 1.99. The molecule has 0 aliphatic heterocycles. The Morgan fingerprint density at radius 1 is 1.07 bits per heavy atom. The van der Waals surface area contributed by atoms with Gasteiger partial charge in [0.2, 0.25) is 0 Å². The van der Waals surface area contributed by atoms with Gasteiger partial charge in [-0.25, -0.2) is 0 Å². The number of aliphatic carboxylic acids is 1. The Morgan fingerprint density at radius 2 is 1.50 bits per heavy atom. The average Bonchev–Trinajstić information content (AvgIpc) is 2.02. The van der Waals surface area contributed by atoms with Crippen LogP contribution < -0.4 is 80.9 Å². The Kier molecular flexibility index (Phi) is 26.7. The van der Waals surface area contributed by atoms with E-state index in [0.717, 1.165) is 12.8 Å². The van der Waals surface area contributed by atoms with Gasteiger partial charge in [0.05, 0.1) is 0 Å². The predicted octanol–water partition coefficient (Wildman–Crippen LogP) is -2.56. The predicted molar refractivity (Wildman–Crippen MR) is 52.5 cm³/mol. The molecule has 0 bridgehead atoms. The molecule has 2 nitrogen and oxygen atoms in total. The molecule has 14 heavy (non-hydrogen) atoms. The largest absolute Gasteiger partial charge is 1.00 e. The van der Waals surface area contributed by atoms with Crippen molar-refractivity contribution in [1.82, 2.24) is 0 Å². The number of carboxylic acid groups (broad SMARTS) is 1. The fourth-order valence-corrected chi connectivity index (χ4v) is 1.23. The molecule has 0 saturated carbocycles. The van der Waals surface area contributed by atoms with Crippen LogP contribution in [0.3, 0.4) is 0 Å². The number of hydrogen-bond donors (Lipinski definition) is 1. The van der Waals surface area contributed by atoms with Crippen LogP contribution in [0.2, 0.25) is 0 Å². The Bertz CT molecular complexity index is 129. The van der Waals surface area contributed by atoms with Gasteiger partial charge in [-0.05, 0) is 6.42 Å². The van der Waals surface area contributed by atoms with E-state index in [9.17, 15) is 4.79 Å². The minimum Gasteiger partial charge on any atom is -1.00 e. The molecule has 0 aromatic carbocycles. The monoisotopic (exact) mass is 236 g/mol. The summed E-state index contributed by atoms with van der Waals surface area (Å²) in [7, 11) is 0. The molecule has 0 rings (SSSR count). The van der Waals surface area contributed by atoms with E-state index >= 15 is 0 Å². The second-order valence-electron chi connectivity index (χ2n) is 3.27. The average molecular weight is 236 g/mol. The molecular formula is C10H22KNaO2. The summed E-state index contributed by atoms with van der Waals surface area (Å²) < 4.78 is 0. The summed E-state index contributed by atoms with van der Waals surface area (Å²) in [6.07, 6.45) is 8.64. The zero-order valence-corrected chi connectivity index (χ0v) is 15.1. The number of unbranched alkanes of at least 4 members (excludes halogenated alkanes) is 6. The molecule has 76 valence electrons. The van der Waals surface area contributed by atoms with Crippen molar-refractivity contribution in [2.24, 2.45) is 0 Å². The van der Waals surface area contributed by atoms with Crippen molar-refractivity contribution >= 4 is 5.97 Å². The molecule has 0 radical (unpaired) electrons. The van der Waals surface area contributed by atoms with Crippen molar-refractivity contribution in [2.75, 3.05) is 0 Å². The van der Waals surface area contributed by atoms with Gasteiger partial charge < -0.3 is 7.96 Å². The van der Waals surface area contributed by atoms with Crippen molar-refractivity contribution in [3.05, 3.63) is 0 Å². The van der Waals surface area contributed by atoms with Crippen LogP contribution >= 0.6 is 0 Å². The van der Waals surface area contributed by atoms with Crippen molar-refractivity contribution in [3.63, 3.8) is 0 Å². The van der Waals surface area contributed by atoms with Gasteiger partial charge in [-0.3, -0.25) is 4.79 Å². The first kappa shape index (κ1) is 21.4. The van der Waals surface area contributed by atoms with Gasteiger partial charge in [0.15, 0.2) is 0 Å². The van der Waals surface area contributed by atoms with E-state index in [1.807, 2.05) is 0 Å². The maximum Gasteiger partial charge on any atom is 1.00 e. The van der Waals surface area contributed by atoms with Crippen LogP contribution in [0, 0.1) is 0 Å². The Balaban J connectivity index is -0.000000101. The van der Waals surface area contributed by atoms with Crippen molar-refractivity contribution in [3.8, 4) is 0 Å². The van der Waals surface area contributed by atoms with E-state index in [2.05, 4.69) is 6.92 Å². The summed E-state index contributed by atoms with van der Waals surface area (Å²) in [5, 5.41) is 8.35. The molecule has 0 aliphatic carbocycles.